The van der Waals surface area contributed by atoms with E-state index in [2.05, 4.69) is 17.2 Å². The zero-order valence-corrected chi connectivity index (χ0v) is 16.7. The molecule has 0 aliphatic carbocycles. The van der Waals surface area contributed by atoms with Crippen molar-refractivity contribution >= 4 is 35.1 Å². The molecule has 0 unspecified atom stereocenters. The zero-order chi connectivity index (χ0) is 21.4. The first-order chi connectivity index (χ1) is 13.8. The number of carbonyl (C=O) groups is 2. The molecule has 2 amide bonds. The third-order valence-electron chi connectivity index (χ3n) is 3.96. The van der Waals surface area contributed by atoms with E-state index in [1.165, 1.54) is 12.1 Å². The highest BCUT2D eigenvalue weighted by Crippen LogP contribution is 2.23. The van der Waals surface area contributed by atoms with Gasteiger partial charge in [0.1, 0.15) is 11.6 Å². The lowest BCUT2D eigenvalue weighted by molar-refractivity contribution is -0.117. The average molecular weight is 419 g/mol. The van der Waals surface area contributed by atoms with E-state index < -0.39 is 17.5 Å². The molecular weight excluding hydrogens is 398 g/mol. The van der Waals surface area contributed by atoms with Crippen molar-refractivity contribution in [1.82, 2.24) is 10.6 Å². The summed E-state index contributed by atoms with van der Waals surface area (Å²) in [5, 5.41) is 5.87. The Morgan fingerprint density at radius 3 is 2.24 bits per heavy atom. The van der Waals surface area contributed by atoms with Gasteiger partial charge in [-0.15, -0.1) is 0 Å². The van der Waals surface area contributed by atoms with Crippen LogP contribution in [0.5, 0.6) is 0 Å². The Balaban J connectivity index is 2.14. The lowest BCUT2D eigenvalue weighted by Crippen LogP contribution is -2.30. The maximum Gasteiger partial charge on any atom is 0.252 e. The van der Waals surface area contributed by atoms with E-state index in [-0.39, 0.29) is 23.6 Å². The van der Waals surface area contributed by atoms with E-state index >= 15 is 0 Å². The molecule has 2 aromatic carbocycles. The maximum absolute atomic E-state index is 14.3. The Hall–Kier alpha value is -2.99. The predicted octanol–water partition coefficient (Wildman–Crippen LogP) is 4.36. The molecule has 2 N–H and O–H groups in total. The molecule has 4 nitrogen and oxygen atoms in total. The van der Waals surface area contributed by atoms with Gasteiger partial charge in [-0.3, -0.25) is 9.59 Å². The summed E-state index contributed by atoms with van der Waals surface area (Å²) in [5.74, 6) is -2.34. The van der Waals surface area contributed by atoms with E-state index in [1.54, 1.807) is 31.2 Å². The fourth-order valence-electron chi connectivity index (χ4n) is 2.44. The first-order valence-electron chi connectivity index (χ1n) is 8.92. The van der Waals surface area contributed by atoms with Crippen LogP contribution in [0.2, 0.25) is 5.02 Å². The van der Waals surface area contributed by atoms with E-state index in [0.717, 1.165) is 12.1 Å². The van der Waals surface area contributed by atoms with Crippen LogP contribution in [-0.4, -0.2) is 24.9 Å². The van der Waals surface area contributed by atoms with Gasteiger partial charge in [-0.05, 0) is 49.2 Å². The number of hydrogen-bond acceptors (Lipinski definition) is 2. The van der Waals surface area contributed by atoms with E-state index in [9.17, 15) is 18.4 Å². The van der Waals surface area contributed by atoms with Crippen LogP contribution in [0, 0.1) is 11.6 Å². The molecule has 7 heteroatoms. The van der Waals surface area contributed by atoms with Crippen LogP contribution >= 0.6 is 11.6 Å². The van der Waals surface area contributed by atoms with Crippen molar-refractivity contribution in [3.8, 4) is 0 Å². The summed E-state index contributed by atoms with van der Waals surface area (Å²) in [7, 11) is 0. The van der Waals surface area contributed by atoms with Gasteiger partial charge >= 0.3 is 0 Å². The van der Waals surface area contributed by atoms with Gasteiger partial charge in [0.2, 0.25) is 5.91 Å². The largest absolute Gasteiger partial charge is 0.352 e. The van der Waals surface area contributed by atoms with Crippen molar-refractivity contribution in [2.75, 3.05) is 13.1 Å². The maximum atomic E-state index is 14.3. The van der Waals surface area contributed by atoms with Gasteiger partial charge in [-0.2, -0.15) is 0 Å². The van der Waals surface area contributed by atoms with Crippen molar-refractivity contribution in [2.24, 2.45) is 0 Å². The van der Waals surface area contributed by atoms with Gasteiger partial charge in [0, 0.05) is 35.3 Å². The first-order valence-corrected chi connectivity index (χ1v) is 9.30. The SMILES string of the molecule is C=C(C)C(=O)NCCCNC(=O)/C(=C/c1ccc(Cl)cc1)c1ccc(F)cc1F. The fourth-order valence-corrected chi connectivity index (χ4v) is 2.56. The fraction of sp³-hybridized carbons (Fsp3) is 0.182. The number of halogens is 3. The lowest BCUT2D eigenvalue weighted by atomic mass is 10.0. The van der Waals surface area contributed by atoms with Gasteiger partial charge in [0.15, 0.2) is 0 Å². The molecule has 0 atom stereocenters. The minimum absolute atomic E-state index is 0.0190. The Morgan fingerprint density at radius 1 is 1.03 bits per heavy atom. The highest BCUT2D eigenvalue weighted by Gasteiger charge is 2.16. The highest BCUT2D eigenvalue weighted by atomic mass is 35.5. The third kappa shape index (κ3) is 6.84. The standard InChI is InChI=1S/C22H21ClF2N2O2/c1-14(2)21(28)26-10-3-11-27-22(29)19(12-15-4-6-16(23)7-5-15)18-9-8-17(24)13-20(18)25/h4-9,12-13H,1,3,10-11H2,2H3,(H,26,28)(H,27,29)/b19-12+. The number of amides is 2. The predicted molar refractivity (Wildman–Crippen MR) is 111 cm³/mol. The number of nitrogens with one attached hydrogen (secondary N) is 2. The molecule has 0 saturated carbocycles. The summed E-state index contributed by atoms with van der Waals surface area (Å²) in [4.78, 5) is 24.1. The summed E-state index contributed by atoms with van der Waals surface area (Å²) >= 11 is 5.87. The topological polar surface area (TPSA) is 58.2 Å². The number of hydrogen-bond donors (Lipinski definition) is 2. The minimum atomic E-state index is -0.839. The van der Waals surface area contributed by atoms with E-state index in [4.69, 9.17) is 11.6 Å². The Bertz CT molecular complexity index is 940. The van der Waals surface area contributed by atoms with Gasteiger partial charge in [0.25, 0.3) is 5.91 Å². The van der Waals surface area contributed by atoms with Gasteiger partial charge < -0.3 is 10.6 Å². The molecule has 0 aliphatic heterocycles. The molecule has 0 spiro atoms. The third-order valence-corrected chi connectivity index (χ3v) is 4.21. The summed E-state index contributed by atoms with van der Waals surface area (Å²) in [5.41, 5.74) is 1.07. The average Bonchev–Trinajstić information content (AvgIpc) is 2.67. The molecule has 0 aromatic heterocycles. The second-order valence-corrected chi connectivity index (χ2v) is 6.82. The van der Waals surface area contributed by atoms with Crippen molar-refractivity contribution in [1.29, 1.82) is 0 Å². The smallest absolute Gasteiger partial charge is 0.252 e. The first kappa shape index (κ1) is 22.3. The second-order valence-electron chi connectivity index (χ2n) is 6.38. The molecule has 0 aliphatic rings. The van der Waals surface area contributed by atoms with E-state index in [0.29, 0.717) is 29.1 Å². The highest BCUT2D eigenvalue weighted by molar-refractivity contribution is 6.30. The summed E-state index contributed by atoms with van der Waals surface area (Å²) in [6, 6.07) is 9.70. The van der Waals surface area contributed by atoms with Crippen LogP contribution < -0.4 is 10.6 Å². The Labute approximate surface area is 173 Å². The van der Waals surface area contributed by atoms with Gasteiger partial charge in [-0.1, -0.05) is 30.3 Å². The van der Waals surface area contributed by atoms with Crippen LogP contribution in [0.1, 0.15) is 24.5 Å². The summed E-state index contributed by atoms with van der Waals surface area (Å²) < 4.78 is 27.6. The van der Waals surface area contributed by atoms with Gasteiger partial charge in [0.05, 0.1) is 5.57 Å². The lowest BCUT2D eigenvalue weighted by Gasteiger charge is -2.11. The molecule has 152 valence electrons. The molecule has 0 radical (unpaired) electrons. The van der Waals surface area contributed by atoms with Crippen LogP contribution in [0.4, 0.5) is 8.78 Å². The molecule has 0 saturated heterocycles. The normalized spacial score (nSPS) is 11.1. The molecule has 0 bridgehead atoms. The van der Waals surface area contributed by atoms with Crippen molar-refractivity contribution in [3.05, 3.63) is 82.4 Å². The quantitative estimate of drug-likeness (QED) is 0.380. The molecule has 2 rings (SSSR count). The Morgan fingerprint density at radius 2 is 1.66 bits per heavy atom. The molecular formula is C22H21ClF2N2O2. The molecule has 0 fully saturated rings. The number of carbonyl (C=O) groups excluding carboxylic acids is 2. The van der Waals surface area contributed by atoms with Crippen molar-refractivity contribution < 1.29 is 18.4 Å². The molecule has 29 heavy (non-hydrogen) atoms. The van der Waals surface area contributed by atoms with Crippen LogP contribution in [0.25, 0.3) is 11.6 Å². The van der Waals surface area contributed by atoms with Crippen LogP contribution in [-0.2, 0) is 9.59 Å². The van der Waals surface area contributed by atoms with Crippen molar-refractivity contribution in [3.63, 3.8) is 0 Å². The van der Waals surface area contributed by atoms with Crippen LogP contribution in [0.3, 0.4) is 0 Å². The van der Waals surface area contributed by atoms with E-state index in [1.807, 2.05) is 0 Å². The molecule has 0 heterocycles. The second kappa shape index (κ2) is 10.5. The molecule has 2 aromatic rings. The zero-order valence-electron chi connectivity index (χ0n) is 15.9. The Kier molecular flexibility index (Phi) is 8.09. The summed E-state index contributed by atoms with van der Waals surface area (Å²) in [6.45, 7) is 5.75. The monoisotopic (exact) mass is 418 g/mol. The van der Waals surface area contributed by atoms with Crippen molar-refractivity contribution in [2.45, 2.75) is 13.3 Å². The van der Waals surface area contributed by atoms with Gasteiger partial charge in [-0.25, -0.2) is 8.78 Å². The number of rotatable bonds is 8. The van der Waals surface area contributed by atoms with Crippen LogP contribution in [0.15, 0.2) is 54.6 Å². The number of benzene rings is 2. The summed E-state index contributed by atoms with van der Waals surface area (Å²) in [6.07, 6.45) is 1.98. The minimum Gasteiger partial charge on any atom is -0.352 e.